The molecule has 0 atom stereocenters. The van der Waals surface area contributed by atoms with Crippen molar-refractivity contribution in [3.63, 3.8) is 0 Å². The van der Waals surface area contributed by atoms with Gasteiger partial charge in [-0.05, 0) is 43.9 Å². The van der Waals surface area contributed by atoms with E-state index in [9.17, 15) is 10.2 Å². The number of nitrogens with zero attached hydrogens (tertiary/aromatic N) is 3. The van der Waals surface area contributed by atoms with Gasteiger partial charge in [0.1, 0.15) is 12.4 Å². The minimum Gasteiger partial charge on any atom is -0.393 e. The summed E-state index contributed by atoms with van der Waals surface area (Å²) in [4.78, 5) is 4.43. The number of fused-ring (bicyclic) bond motifs is 1. The number of hydrogen-bond acceptors (Lipinski definition) is 4. The Morgan fingerprint density at radius 3 is 2.70 bits per heavy atom. The van der Waals surface area contributed by atoms with Gasteiger partial charge in [0.15, 0.2) is 0 Å². The maximum Gasteiger partial charge on any atom is 0.135 e. The summed E-state index contributed by atoms with van der Waals surface area (Å²) < 4.78 is 2.07. The summed E-state index contributed by atoms with van der Waals surface area (Å²) in [5.74, 6) is 0.636. The molecule has 1 heterocycles. The summed E-state index contributed by atoms with van der Waals surface area (Å²) in [6.45, 7) is -0.115. The van der Waals surface area contributed by atoms with Crippen molar-refractivity contribution >= 4 is 11.0 Å². The third-order valence-electron chi connectivity index (χ3n) is 4.06. The van der Waals surface area contributed by atoms with Crippen molar-refractivity contribution in [2.45, 2.75) is 44.4 Å². The highest BCUT2D eigenvalue weighted by atomic mass is 16.3. The average Bonchev–Trinajstić information content (AvgIpc) is 2.85. The van der Waals surface area contributed by atoms with Crippen LogP contribution in [0.3, 0.4) is 0 Å². The fraction of sp³-hybridized carbons (Fsp3) is 0.467. The van der Waals surface area contributed by atoms with Gasteiger partial charge in [-0.15, -0.1) is 0 Å². The molecule has 20 heavy (non-hydrogen) atoms. The maximum absolute atomic E-state index is 9.62. The standard InChI is InChI=1S/C15H17N3O2/c16-8-10-1-6-14-13(7-10)17-15(9-19)18(14)11-2-4-12(20)5-3-11/h1,6-7,11-12,19-20H,2-5,9H2. The van der Waals surface area contributed by atoms with Crippen molar-refractivity contribution in [3.05, 3.63) is 29.6 Å². The number of aliphatic hydroxyl groups excluding tert-OH is 2. The highest BCUT2D eigenvalue weighted by Crippen LogP contribution is 2.32. The number of aliphatic hydroxyl groups is 2. The molecule has 0 amide bonds. The first-order chi connectivity index (χ1) is 9.72. The van der Waals surface area contributed by atoms with E-state index in [2.05, 4.69) is 15.6 Å². The van der Waals surface area contributed by atoms with Crippen LogP contribution in [0, 0.1) is 11.3 Å². The normalized spacial score (nSPS) is 22.9. The molecule has 1 fully saturated rings. The van der Waals surface area contributed by atoms with E-state index in [1.807, 2.05) is 6.07 Å². The van der Waals surface area contributed by atoms with Gasteiger partial charge >= 0.3 is 0 Å². The molecule has 5 nitrogen and oxygen atoms in total. The molecule has 0 bridgehead atoms. The summed E-state index contributed by atoms with van der Waals surface area (Å²) in [5, 5.41) is 28.1. The molecule has 5 heteroatoms. The van der Waals surface area contributed by atoms with E-state index in [0.717, 1.165) is 36.7 Å². The lowest BCUT2D eigenvalue weighted by atomic mass is 9.92. The monoisotopic (exact) mass is 271 g/mol. The zero-order valence-corrected chi connectivity index (χ0v) is 11.2. The van der Waals surface area contributed by atoms with Crippen LogP contribution >= 0.6 is 0 Å². The highest BCUT2D eigenvalue weighted by molar-refractivity contribution is 5.78. The number of benzene rings is 1. The molecule has 0 spiro atoms. The van der Waals surface area contributed by atoms with E-state index in [0.29, 0.717) is 11.4 Å². The number of aromatic nitrogens is 2. The van der Waals surface area contributed by atoms with Crippen LogP contribution in [-0.4, -0.2) is 25.9 Å². The van der Waals surface area contributed by atoms with Crippen molar-refractivity contribution in [1.29, 1.82) is 5.26 Å². The van der Waals surface area contributed by atoms with E-state index >= 15 is 0 Å². The van der Waals surface area contributed by atoms with Crippen LogP contribution in [0.25, 0.3) is 11.0 Å². The van der Waals surface area contributed by atoms with Crippen LogP contribution < -0.4 is 0 Å². The quantitative estimate of drug-likeness (QED) is 0.873. The van der Waals surface area contributed by atoms with Crippen molar-refractivity contribution < 1.29 is 10.2 Å². The number of imidazole rings is 1. The molecular formula is C15H17N3O2. The zero-order valence-electron chi connectivity index (χ0n) is 11.2. The molecule has 1 aliphatic rings. The third-order valence-corrected chi connectivity index (χ3v) is 4.06. The van der Waals surface area contributed by atoms with Crippen LogP contribution in [0.4, 0.5) is 0 Å². The van der Waals surface area contributed by atoms with E-state index in [-0.39, 0.29) is 18.8 Å². The first-order valence-corrected chi connectivity index (χ1v) is 6.93. The van der Waals surface area contributed by atoms with Gasteiger partial charge in [-0.25, -0.2) is 4.98 Å². The number of nitriles is 1. The Balaban J connectivity index is 2.06. The van der Waals surface area contributed by atoms with E-state index in [1.54, 1.807) is 12.1 Å². The zero-order chi connectivity index (χ0) is 14.1. The lowest BCUT2D eigenvalue weighted by molar-refractivity contribution is 0.109. The van der Waals surface area contributed by atoms with Gasteiger partial charge in [0, 0.05) is 6.04 Å². The lowest BCUT2D eigenvalue weighted by Gasteiger charge is -2.28. The van der Waals surface area contributed by atoms with Crippen LogP contribution in [-0.2, 0) is 6.61 Å². The van der Waals surface area contributed by atoms with Crippen molar-refractivity contribution in [2.24, 2.45) is 0 Å². The predicted molar refractivity (Wildman–Crippen MR) is 73.9 cm³/mol. The lowest BCUT2D eigenvalue weighted by Crippen LogP contribution is -2.22. The molecule has 3 rings (SSSR count). The summed E-state index contributed by atoms with van der Waals surface area (Å²) >= 11 is 0. The summed E-state index contributed by atoms with van der Waals surface area (Å²) in [7, 11) is 0. The smallest absolute Gasteiger partial charge is 0.135 e. The summed E-state index contributed by atoms with van der Waals surface area (Å²) in [6, 6.07) is 7.79. The van der Waals surface area contributed by atoms with Gasteiger partial charge in [-0.3, -0.25) is 0 Å². The second-order valence-electron chi connectivity index (χ2n) is 5.33. The van der Waals surface area contributed by atoms with Crippen LogP contribution in [0.15, 0.2) is 18.2 Å². The average molecular weight is 271 g/mol. The Morgan fingerprint density at radius 2 is 2.05 bits per heavy atom. The second-order valence-corrected chi connectivity index (χ2v) is 5.33. The van der Waals surface area contributed by atoms with E-state index in [1.165, 1.54) is 0 Å². The topological polar surface area (TPSA) is 82.1 Å². The van der Waals surface area contributed by atoms with Crippen LogP contribution in [0.5, 0.6) is 0 Å². The maximum atomic E-state index is 9.62. The molecule has 2 N–H and O–H groups in total. The van der Waals surface area contributed by atoms with Gasteiger partial charge in [-0.1, -0.05) is 0 Å². The Kier molecular flexibility index (Phi) is 3.43. The Hall–Kier alpha value is -1.90. The first kappa shape index (κ1) is 13.1. The predicted octanol–water partition coefficient (Wildman–Crippen LogP) is 1.88. The number of hydrogen-bond donors (Lipinski definition) is 2. The highest BCUT2D eigenvalue weighted by Gasteiger charge is 2.24. The molecule has 1 aromatic heterocycles. The molecule has 2 aromatic rings. The SMILES string of the molecule is N#Cc1ccc2c(c1)nc(CO)n2C1CCC(O)CC1. The summed E-state index contributed by atoms with van der Waals surface area (Å²) in [5.41, 5.74) is 2.28. The van der Waals surface area contributed by atoms with Gasteiger partial charge in [0.25, 0.3) is 0 Å². The first-order valence-electron chi connectivity index (χ1n) is 6.93. The van der Waals surface area contributed by atoms with Gasteiger partial charge in [-0.2, -0.15) is 5.26 Å². The molecule has 104 valence electrons. The van der Waals surface area contributed by atoms with Gasteiger partial charge < -0.3 is 14.8 Å². The number of rotatable bonds is 2. The Morgan fingerprint density at radius 1 is 1.30 bits per heavy atom. The Bertz CT molecular complexity index is 664. The van der Waals surface area contributed by atoms with Crippen molar-refractivity contribution in [2.75, 3.05) is 0 Å². The molecule has 1 saturated carbocycles. The van der Waals surface area contributed by atoms with Gasteiger partial charge in [0.05, 0.1) is 28.8 Å². The molecule has 1 aliphatic carbocycles. The van der Waals surface area contributed by atoms with Crippen LogP contribution in [0.2, 0.25) is 0 Å². The fourth-order valence-electron chi connectivity index (χ4n) is 3.05. The molecule has 0 aliphatic heterocycles. The van der Waals surface area contributed by atoms with Crippen molar-refractivity contribution in [1.82, 2.24) is 9.55 Å². The molecule has 0 radical (unpaired) electrons. The van der Waals surface area contributed by atoms with E-state index < -0.39 is 0 Å². The summed E-state index contributed by atoms with van der Waals surface area (Å²) in [6.07, 6.45) is 3.14. The molecular weight excluding hydrogens is 254 g/mol. The minimum absolute atomic E-state index is 0.115. The van der Waals surface area contributed by atoms with Crippen molar-refractivity contribution in [3.8, 4) is 6.07 Å². The molecule has 0 unspecified atom stereocenters. The molecule has 1 aromatic carbocycles. The third kappa shape index (κ3) is 2.17. The van der Waals surface area contributed by atoms with Crippen LogP contribution in [0.1, 0.15) is 43.1 Å². The van der Waals surface area contributed by atoms with E-state index in [4.69, 9.17) is 5.26 Å². The minimum atomic E-state index is -0.205. The van der Waals surface area contributed by atoms with Gasteiger partial charge in [0.2, 0.25) is 0 Å². The molecule has 0 saturated heterocycles. The Labute approximate surface area is 117 Å². The second kappa shape index (κ2) is 5.23. The fourth-order valence-corrected chi connectivity index (χ4v) is 3.05. The largest absolute Gasteiger partial charge is 0.393 e.